The lowest BCUT2D eigenvalue weighted by molar-refractivity contribution is 0.0978. The van der Waals surface area contributed by atoms with Crippen molar-refractivity contribution in [3.63, 3.8) is 0 Å². The number of aromatic nitrogens is 1. The van der Waals surface area contributed by atoms with Crippen LogP contribution in [-0.4, -0.2) is 53.3 Å². The van der Waals surface area contributed by atoms with Gasteiger partial charge in [0.15, 0.2) is 0 Å². The first-order valence-electron chi connectivity index (χ1n) is 9.55. The molecule has 0 aliphatic carbocycles. The standard InChI is InChI=1S/C19H28N4O2/c1-13(14-4-8-20-9-5-14)23-10-6-15(7-11-23)21-19(24)22-17-12-16-2-3-18(17)25-16/h4-5,8-9,13,15-18H,2-3,6-7,10-12H2,1H3,(H2,21,22,24)/t13-,16+,17+,18-/m0/s1. The summed E-state index contributed by atoms with van der Waals surface area (Å²) in [5.74, 6) is 0. The van der Waals surface area contributed by atoms with Crippen LogP contribution in [0, 0.1) is 0 Å². The number of likely N-dealkylation sites (tertiary alicyclic amines) is 1. The molecule has 3 saturated heterocycles. The molecule has 1 aromatic heterocycles. The summed E-state index contributed by atoms with van der Waals surface area (Å²) in [6, 6.07) is 5.00. The van der Waals surface area contributed by atoms with Gasteiger partial charge in [-0.2, -0.15) is 0 Å². The molecule has 0 spiro atoms. The van der Waals surface area contributed by atoms with Gasteiger partial charge >= 0.3 is 6.03 Å². The number of carbonyl (C=O) groups excluding carboxylic acids is 1. The van der Waals surface area contributed by atoms with E-state index in [1.165, 1.54) is 5.56 Å². The Morgan fingerprint density at radius 3 is 2.60 bits per heavy atom. The molecule has 136 valence electrons. The summed E-state index contributed by atoms with van der Waals surface area (Å²) >= 11 is 0. The van der Waals surface area contributed by atoms with Crippen molar-refractivity contribution in [3.05, 3.63) is 30.1 Å². The minimum atomic E-state index is -0.0261. The van der Waals surface area contributed by atoms with Crippen molar-refractivity contribution >= 4 is 6.03 Å². The summed E-state index contributed by atoms with van der Waals surface area (Å²) < 4.78 is 5.80. The molecule has 4 atom stereocenters. The van der Waals surface area contributed by atoms with E-state index in [4.69, 9.17) is 4.74 Å². The average molecular weight is 344 g/mol. The van der Waals surface area contributed by atoms with Gasteiger partial charge in [0.2, 0.25) is 0 Å². The molecule has 0 unspecified atom stereocenters. The van der Waals surface area contributed by atoms with Gasteiger partial charge in [-0.25, -0.2) is 4.79 Å². The van der Waals surface area contributed by atoms with E-state index in [-0.39, 0.29) is 24.2 Å². The number of piperidine rings is 1. The zero-order chi connectivity index (χ0) is 17.2. The maximum absolute atomic E-state index is 12.3. The van der Waals surface area contributed by atoms with Crippen molar-refractivity contribution in [1.29, 1.82) is 0 Å². The van der Waals surface area contributed by atoms with Gasteiger partial charge < -0.3 is 15.4 Å². The zero-order valence-electron chi connectivity index (χ0n) is 14.9. The highest BCUT2D eigenvalue weighted by atomic mass is 16.5. The van der Waals surface area contributed by atoms with Crippen LogP contribution in [-0.2, 0) is 4.74 Å². The lowest BCUT2D eigenvalue weighted by Gasteiger charge is -2.36. The Morgan fingerprint density at radius 2 is 1.96 bits per heavy atom. The lowest BCUT2D eigenvalue weighted by atomic mass is 9.95. The highest BCUT2D eigenvalue weighted by Gasteiger charge is 2.41. The number of nitrogens with one attached hydrogen (secondary N) is 2. The average Bonchev–Trinajstić information content (AvgIpc) is 3.25. The number of nitrogens with zero attached hydrogens (tertiary/aromatic N) is 2. The van der Waals surface area contributed by atoms with E-state index in [0.29, 0.717) is 12.1 Å². The molecule has 3 aliphatic heterocycles. The van der Waals surface area contributed by atoms with Crippen molar-refractivity contribution in [1.82, 2.24) is 20.5 Å². The topological polar surface area (TPSA) is 66.5 Å². The molecule has 2 N–H and O–H groups in total. The normalized spacial score (nSPS) is 31.0. The number of carbonyl (C=O) groups is 1. The number of hydrogen-bond acceptors (Lipinski definition) is 4. The van der Waals surface area contributed by atoms with Crippen LogP contribution in [0.2, 0.25) is 0 Å². The van der Waals surface area contributed by atoms with Crippen molar-refractivity contribution in [2.45, 2.75) is 69.4 Å². The first-order chi connectivity index (χ1) is 12.2. The van der Waals surface area contributed by atoms with Gasteiger partial charge in [0.25, 0.3) is 0 Å². The molecule has 4 rings (SSSR count). The smallest absolute Gasteiger partial charge is 0.315 e. The summed E-state index contributed by atoms with van der Waals surface area (Å²) in [6.07, 6.45) is 9.51. The number of urea groups is 1. The molecule has 0 aromatic carbocycles. The van der Waals surface area contributed by atoms with Gasteiger partial charge in [0.05, 0.1) is 18.2 Å². The molecular weight excluding hydrogens is 316 g/mol. The second-order valence-electron chi connectivity index (χ2n) is 7.60. The van der Waals surface area contributed by atoms with E-state index in [1.54, 1.807) is 0 Å². The van der Waals surface area contributed by atoms with E-state index >= 15 is 0 Å². The Morgan fingerprint density at radius 1 is 1.20 bits per heavy atom. The molecule has 1 aromatic rings. The van der Waals surface area contributed by atoms with Crippen LogP contribution < -0.4 is 10.6 Å². The number of amides is 2. The Labute approximate surface area is 149 Å². The Kier molecular flexibility index (Phi) is 4.90. The highest BCUT2D eigenvalue weighted by Crippen LogP contribution is 2.34. The molecule has 4 heterocycles. The van der Waals surface area contributed by atoms with Crippen LogP contribution in [0.3, 0.4) is 0 Å². The van der Waals surface area contributed by atoms with Crippen molar-refractivity contribution in [3.8, 4) is 0 Å². The molecule has 6 nitrogen and oxygen atoms in total. The van der Waals surface area contributed by atoms with Crippen LogP contribution in [0.25, 0.3) is 0 Å². The van der Waals surface area contributed by atoms with Crippen LogP contribution in [0.5, 0.6) is 0 Å². The fraction of sp³-hybridized carbons (Fsp3) is 0.684. The third-order valence-electron chi connectivity index (χ3n) is 6.02. The minimum Gasteiger partial charge on any atom is -0.373 e. The monoisotopic (exact) mass is 344 g/mol. The Hall–Kier alpha value is -1.66. The predicted octanol–water partition coefficient (Wildman–Crippen LogP) is 2.23. The molecule has 25 heavy (non-hydrogen) atoms. The van der Waals surface area contributed by atoms with E-state index in [9.17, 15) is 4.79 Å². The Bertz CT molecular complexity index is 588. The van der Waals surface area contributed by atoms with Crippen LogP contribution in [0.15, 0.2) is 24.5 Å². The SMILES string of the molecule is C[C@@H](c1ccncc1)N1CCC(NC(=O)N[C@@H]2C[C@H]3CC[C@@H]2O3)CC1. The molecule has 2 amide bonds. The first-order valence-corrected chi connectivity index (χ1v) is 9.55. The molecule has 3 aliphatic rings. The number of pyridine rings is 1. The lowest BCUT2D eigenvalue weighted by Crippen LogP contribution is -2.52. The summed E-state index contributed by atoms with van der Waals surface area (Å²) in [5, 5.41) is 6.28. The minimum absolute atomic E-state index is 0.0261. The van der Waals surface area contributed by atoms with Crippen LogP contribution in [0.1, 0.15) is 50.6 Å². The van der Waals surface area contributed by atoms with Gasteiger partial charge in [0, 0.05) is 37.6 Å². The molecule has 3 fully saturated rings. The van der Waals surface area contributed by atoms with E-state index in [1.807, 2.05) is 12.4 Å². The first kappa shape index (κ1) is 16.8. The predicted molar refractivity (Wildman–Crippen MR) is 95.2 cm³/mol. The fourth-order valence-corrected chi connectivity index (χ4v) is 4.47. The Balaban J connectivity index is 1.21. The number of hydrogen-bond donors (Lipinski definition) is 2. The van der Waals surface area contributed by atoms with Crippen molar-refractivity contribution in [2.75, 3.05) is 13.1 Å². The van der Waals surface area contributed by atoms with Gasteiger partial charge in [-0.15, -0.1) is 0 Å². The maximum atomic E-state index is 12.3. The van der Waals surface area contributed by atoms with Gasteiger partial charge in [-0.3, -0.25) is 9.88 Å². The molecule has 0 radical (unpaired) electrons. The highest BCUT2D eigenvalue weighted by molar-refractivity contribution is 5.74. The second kappa shape index (κ2) is 7.30. The second-order valence-corrected chi connectivity index (χ2v) is 7.60. The number of ether oxygens (including phenoxy) is 1. The fourth-order valence-electron chi connectivity index (χ4n) is 4.47. The zero-order valence-corrected chi connectivity index (χ0v) is 14.9. The number of fused-ring (bicyclic) bond motifs is 2. The van der Waals surface area contributed by atoms with Gasteiger partial charge in [0.1, 0.15) is 0 Å². The molecular formula is C19H28N4O2. The largest absolute Gasteiger partial charge is 0.373 e. The van der Waals surface area contributed by atoms with E-state index < -0.39 is 0 Å². The summed E-state index contributed by atoms with van der Waals surface area (Å²) in [6.45, 7) is 4.25. The van der Waals surface area contributed by atoms with Gasteiger partial charge in [-0.05, 0) is 56.7 Å². The maximum Gasteiger partial charge on any atom is 0.315 e. The number of rotatable bonds is 4. The third kappa shape index (κ3) is 3.80. The van der Waals surface area contributed by atoms with Crippen LogP contribution in [0.4, 0.5) is 4.79 Å². The van der Waals surface area contributed by atoms with Crippen molar-refractivity contribution in [2.24, 2.45) is 0 Å². The van der Waals surface area contributed by atoms with E-state index in [2.05, 4.69) is 39.6 Å². The quantitative estimate of drug-likeness (QED) is 0.879. The summed E-state index contributed by atoms with van der Waals surface area (Å²) in [4.78, 5) is 18.9. The summed E-state index contributed by atoms with van der Waals surface area (Å²) in [5.41, 5.74) is 1.30. The van der Waals surface area contributed by atoms with Crippen LogP contribution >= 0.6 is 0 Å². The van der Waals surface area contributed by atoms with Gasteiger partial charge in [-0.1, -0.05) is 0 Å². The molecule has 6 heteroatoms. The van der Waals surface area contributed by atoms with E-state index in [0.717, 1.165) is 45.2 Å². The van der Waals surface area contributed by atoms with Crippen molar-refractivity contribution < 1.29 is 9.53 Å². The third-order valence-corrected chi connectivity index (χ3v) is 6.02. The molecule has 2 bridgehead atoms. The summed E-state index contributed by atoms with van der Waals surface area (Å²) in [7, 11) is 0. The molecule has 0 saturated carbocycles.